The Hall–Kier alpha value is -3.37. The molecule has 1 aliphatic rings. The molecule has 0 saturated heterocycles. The molecule has 2 amide bonds. The molecular formula is C22H18FN3O4S2. The van der Waals surface area contributed by atoms with Gasteiger partial charge in [0.2, 0.25) is 5.91 Å². The summed E-state index contributed by atoms with van der Waals surface area (Å²) >= 11 is 1.41. The summed E-state index contributed by atoms with van der Waals surface area (Å²) in [5.41, 5.74) is 1.22. The first kappa shape index (κ1) is 21.8. The third kappa shape index (κ3) is 4.76. The smallest absolute Gasteiger partial charge is 0.261 e. The highest BCUT2D eigenvalue weighted by Crippen LogP contribution is 2.36. The largest absolute Gasteiger partial charge is 0.324 e. The molecule has 0 bridgehead atoms. The number of anilines is 3. The lowest BCUT2D eigenvalue weighted by Crippen LogP contribution is -2.26. The molecule has 0 saturated carbocycles. The number of benzene rings is 3. The van der Waals surface area contributed by atoms with E-state index in [9.17, 15) is 22.4 Å². The van der Waals surface area contributed by atoms with Crippen LogP contribution in [0.15, 0.2) is 76.5 Å². The Morgan fingerprint density at radius 3 is 2.56 bits per heavy atom. The maximum absolute atomic E-state index is 13.4. The summed E-state index contributed by atoms with van der Waals surface area (Å²) < 4.78 is 41.0. The van der Waals surface area contributed by atoms with Gasteiger partial charge in [-0.1, -0.05) is 12.1 Å². The van der Waals surface area contributed by atoms with Crippen LogP contribution in [0.3, 0.4) is 0 Å². The van der Waals surface area contributed by atoms with Gasteiger partial charge in [0.05, 0.1) is 21.5 Å². The monoisotopic (exact) mass is 471 g/mol. The lowest BCUT2D eigenvalue weighted by Gasteiger charge is -2.21. The minimum Gasteiger partial charge on any atom is -0.324 e. The third-order valence-corrected chi connectivity index (χ3v) is 7.21. The van der Waals surface area contributed by atoms with E-state index in [-0.39, 0.29) is 27.4 Å². The Bertz CT molecular complexity index is 1330. The van der Waals surface area contributed by atoms with Crippen LogP contribution in [0.1, 0.15) is 17.3 Å². The molecule has 3 aromatic rings. The summed E-state index contributed by atoms with van der Waals surface area (Å²) in [4.78, 5) is 25.4. The summed E-state index contributed by atoms with van der Waals surface area (Å²) in [7, 11) is -3.99. The number of carbonyl (C=O) groups is 2. The Morgan fingerprint density at radius 1 is 1.03 bits per heavy atom. The van der Waals surface area contributed by atoms with E-state index in [0.29, 0.717) is 11.3 Å². The summed E-state index contributed by atoms with van der Waals surface area (Å²) in [5, 5.41) is 5.22. The number of fused-ring (bicyclic) bond motifs is 1. The van der Waals surface area contributed by atoms with Crippen molar-refractivity contribution < 1.29 is 22.4 Å². The van der Waals surface area contributed by atoms with Crippen LogP contribution in [0.25, 0.3) is 0 Å². The average Bonchev–Trinajstić information content (AvgIpc) is 2.74. The number of carbonyl (C=O) groups excluding carboxylic acids is 2. The number of amides is 2. The van der Waals surface area contributed by atoms with Crippen molar-refractivity contribution in [1.82, 2.24) is 0 Å². The summed E-state index contributed by atoms with van der Waals surface area (Å²) in [5.74, 6) is -1.16. The van der Waals surface area contributed by atoms with Crippen LogP contribution in [-0.2, 0) is 14.8 Å². The maximum Gasteiger partial charge on any atom is 0.261 e. The van der Waals surface area contributed by atoms with Crippen molar-refractivity contribution in [3.8, 4) is 0 Å². The molecule has 0 radical (unpaired) electrons. The molecule has 7 nitrogen and oxygen atoms in total. The SMILES string of the molecule is CC1Sc2ccc(C(=O)Nc3cccc(S(=O)(=O)Nc4cccc(F)c4)c3)cc2NC1=O. The second-order valence-electron chi connectivity index (χ2n) is 7.06. The minimum absolute atomic E-state index is 0.0859. The zero-order valence-electron chi connectivity index (χ0n) is 16.8. The zero-order valence-corrected chi connectivity index (χ0v) is 18.4. The molecule has 32 heavy (non-hydrogen) atoms. The van der Waals surface area contributed by atoms with E-state index in [0.717, 1.165) is 11.0 Å². The van der Waals surface area contributed by atoms with Crippen LogP contribution in [0, 0.1) is 5.82 Å². The fourth-order valence-corrected chi connectivity index (χ4v) is 5.09. The van der Waals surface area contributed by atoms with Crippen LogP contribution < -0.4 is 15.4 Å². The van der Waals surface area contributed by atoms with Gasteiger partial charge in [-0.15, -0.1) is 11.8 Å². The van der Waals surface area contributed by atoms with Crippen LogP contribution in [0.5, 0.6) is 0 Å². The van der Waals surface area contributed by atoms with Crippen molar-refractivity contribution in [3.05, 3.63) is 78.1 Å². The van der Waals surface area contributed by atoms with Gasteiger partial charge < -0.3 is 10.6 Å². The van der Waals surface area contributed by atoms with Gasteiger partial charge in [0.25, 0.3) is 15.9 Å². The minimum atomic E-state index is -3.99. The van der Waals surface area contributed by atoms with Crippen LogP contribution >= 0.6 is 11.8 Å². The van der Waals surface area contributed by atoms with Crippen LogP contribution in [-0.4, -0.2) is 25.5 Å². The highest BCUT2D eigenvalue weighted by Gasteiger charge is 2.24. The molecule has 10 heteroatoms. The quantitative estimate of drug-likeness (QED) is 0.514. The molecular weight excluding hydrogens is 453 g/mol. The molecule has 4 rings (SSSR count). The first-order chi connectivity index (χ1) is 15.2. The van der Waals surface area contributed by atoms with E-state index in [1.54, 1.807) is 31.2 Å². The van der Waals surface area contributed by atoms with E-state index in [2.05, 4.69) is 15.4 Å². The molecule has 1 aliphatic heterocycles. The van der Waals surface area contributed by atoms with Crippen molar-refractivity contribution >= 4 is 50.7 Å². The van der Waals surface area contributed by atoms with Crippen molar-refractivity contribution in [1.29, 1.82) is 0 Å². The number of halogens is 1. The van der Waals surface area contributed by atoms with Gasteiger partial charge >= 0.3 is 0 Å². The van der Waals surface area contributed by atoms with E-state index in [1.807, 2.05) is 0 Å². The lowest BCUT2D eigenvalue weighted by atomic mass is 10.1. The fraction of sp³-hybridized carbons (Fsp3) is 0.0909. The van der Waals surface area contributed by atoms with Gasteiger partial charge in [0.15, 0.2) is 0 Å². The molecule has 3 N–H and O–H groups in total. The predicted molar refractivity (Wildman–Crippen MR) is 122 cm³/mol. The van der Waals surface area contributed by atoms with Gasteiger partial charge in [0, 0.05) is 16.1 Å². The zero-order chi connectivity index (χ0) is 22.9. The van der Waals surface area contributed by atoms with Gasteiger partial charge in [-0.25, -0.2) is 12.8 Å². The van der Waals surface area contributed by atoms with E-state index < -0.39 is 21.7 Å². The summed E-state index contributed by atoms with van der Waals surface area (Å²) in [6, 6.07) is 15.8. The van der Waals surface area contributed by atoms with E-state index in [4.69, 9.17) is 0 Å². The summed E-state index contributed by atoms with van der Waals surface area (Å²) in [6.07, 6.45) is 0. The highest BCUT2D eigenvalue weighted by molar-refractivity contribution is 8.01. The molecule has 1 unspecified atom stereocenters. The van der Waals surface area contributed by atoms with Crippen LogP contribution in [0.4, 0.5) is 21.5 Å². The Morgan fingerprint density at radius 2 is 1.78 bits per heavy atom. The average molecular weight is 472 g/mol. The second kappa shape index (κ2) is 8.64. The Balaban J connectivity index is 1.52. The van der Waals surface area contributed by atoms with Gasteiger partial charge in [0.1, 0.15) is 5.82 Å². The van der Waals surface area contributed by atoms with Gasteiger partial charge in [-0.2, -0.15) is 0 Å². The van der Waals surface area contributed by atoms with Crippen molar-refractivity contribution in [2.24, 2.45) is 0 Å². The molecule has 0 spiro atoms. The molecule has 0 fully saturated rings. The summed E-state index contributed by atoms with van der Waals surface area (Å²) in [6.45, 7) is 1.80. The van der Waals surface area contributed by atoms with Crippen molar-refractivity contribution in [3.63, 3.8) is 0 Å². The standard InChI is InChI=1S/C22H18FN3O4S2/c1-13-21(27)25-19-10-14(8-9-20(19)31-13)22(28)24-16-5-3-7-18(12-16)32(29,30)26-17-6-2-4-15(23)11-17/h2-13,26H,1H3,(H,24,28)(H,25,27). The Kier molecular flexibility index (Phi) is 5.90. The number of nitrogens with one attached hydrogen (secondary N) is 3. The second-order valence-corrected chi connectivity index (χ2v) is 10.1. The van der Waals surface area contributed by atoms with Gasteiger partial charge in [-0.3, -0.25) is 14.3 Å². The van der Waals surface area contributed by atoms with Gasteiger partial charge in [-0.05, 0) is 61.5 Å². The van der Waals surface area contributed by atoms with E-state index in [1.165, 1.54) is 48.2 Å². The molecule has 0 aliphatic carbocycles. The fourth-order valence-electron chi connectivity index (χ4n) is 3.06. The predicted octanol–water partition coefficient (Wildman–Crippen LogP) is 4.31. The number of rotatable bonds is 5. The lowest BCUT2D eigenvalue weighted by molar-refractivity contribution is -0.115. The third-order valence-electron chi connectivity index (χ3n) is 4.65. The number of hydrogen-bond donors (Lipinski definition) is 3. The number of thioether (sulfide) groups is 1. The highest BCUT2D eigenvalue weighted by atomic mass is 32.2. The van der Waals surface area contributed by atoms with Crippen LogP contribution in [0.2, 0.25) is 0 Å². The molecule has 0 aromatic heterocycles. The number of sulfonamides is 1. The topological polar surface area (TPSA) is 104 Å². The van der Waals surface area contributed by atoms with Crippen molar-refractivity contribution in [2.45, 2.75) is 22.0 Å². The Labute approximate surface area is 188 Å². The van der Waals surface area contributed by atoms with Crippen molar-refractivity contribution in [2.75, 3.05) is 15.4 Å². The first-order valence-electron chi connectivity index (χ1n) is 9.53. The molecule has 3 aromatic carbocycles. The molecule has 1 heterocycles. The normalized spacial score (nSPS) is 15.4. The van der Waals surface area contributed by atoms with E-state index >= 15 is 0 Å². The molecule has 1 atom stereocenters. The maximum atomic E-state index is 13.4. The molecule has 164 valence electrons. The first-order valence-corrected chi connectivity index (χ1v) is 11.9. The number of hydrogen-bond acceptors (Lipinski definition) is 5.